The number of fused-ring (bicyclic) bond motifs is 1. The third kappa shape index (κ3) is 4.26. The Morgan fingerprint density at radius 3 is 2.34 bits per heavy atom. The van der Waals surface area contributed by atoms with Crippen LogP contribution in [0, 0.1) is 11.2 Å². The normalized spacial score (nSPS) is 11.1. The number of para-hydroxylation sites is 2. The van der Waals surface area contributed by atoms with Gasteiger partial charge < -0.3 is 13.9 Å². The number of nitrogens with one attached hydrogen (secondary N) is 1. The van der Waals surface area contributed by atoms with Crippen molar-refractivity contribution in [2.24, 2.45) is 0 Å². The van der Waals surface area contributed by atoms with Crippen LogP contribution in [0.15, 0.2) is 72.8 Å². The number of rotatable bonds is 7. The van der Waals surface area contributed by atoms with Crippen LogP contribution in [0.2, 0.25) is 0 Å². The quantitative estimate of drug-likeness (QED) is 0.385. The number of nitrogens with zero attached hydrogens (tertiary/aromatic N) is 2. The molecule has 1 heterocycles. The van der Waals surface area contributed by atoms with Gasteiger partial charge in [0.25, 0.3) is 0 Å². The maximum absolute atomic E-state index is 13.0. The van der Waals surface area contributed by atoms with Gasteiger partial charge in [0.05, 0.1) is 24.2 Å². The van der Waals surface area contributed by atoms with Crippen molar-refractivity contribution < 1.29 is 9.13 Å². The molecule has 0 fully saturated rings. The molecule has 0 aliphatic rings. The standard InChI is InChI=1S/C23H21BFN3O/c24-18-6-3-5-17(15-18)16-28-22-8-2-1-7-21(22)27(23(28)26)13-4-14-29-20-11-9-19(25)10-12-20/h1-3,5-12,15,26H,4,13-14,16H2. The van der Waals surface area contributed by atoms with E-state index in [1.54, 1.807) is 12.1 Å². The van der Waals surface area contributed by atoms with E-state index in [1.807, 2.05) is 57.7 Å². The van der Waals surface area contributed by atoms with Gasteiger partial charge in [0.2, 0.25) is 5.62 Å². The van der Waals surface area contributed by atoms with Crippen molar-refractivity contribution in [2.45, 2.75) is 19.5 Å². The Labute approximate surface area is 170 Å². The molecule has 0 unspecified atom stereocenters. The zero-order chi connectivity index (χ0) is 20.2. The zero-order valence-corrected chi connectivity index (χ0v) is 16.0. The van der Waals surface area contributed by atoms with Crippen molar-refractivity contribution in [3.05, 3.63) is 89.8 Å². The Bertz CT molecular complexity index is 1180. The molecule has 6 heteroatoms. The highest BCUT2D eigenvalue weighted by Crippen LogP contribution is 2.15. The smallest absolute Gasteiger partial charge is 0.203 e. The predicted octanol–water partition coefficient (Wildman–Crippen LogP) is 3.37. The second-order valence-corrected chi connectivity index (χ2v) is 6.95. The first-order valence-corrected chi connectivity index (χ1v) is 9.57. The van der Waals surface area contributed by atoms with Crippen LogP contribution in [0.1, 0.15) is 12.0 Å². The molecule has 0 aliphatic carbocycles. The van der Waals surface area contributed by atoms with Crippen molar-refractivity contribution in [2.75, 3.05) is 6.61 Å². The molecule has 1 aromatic heterocycles. The summed E-state index contributed by atoms with van der Waals surface area (Å²) in [7, 11) is 5.91. The van der Waals surface area contributed by atoms with E-state index in [2.05, 4.69) is 0 Å². The van der Waals surface area contributed by atoms with Crippen molar-refractivity contribution in [1.29, 1.82) is 5.41 Å². The first-order chi connectivity index (χ1) is 14.1. The monoisotopic (exact) mass is 385 g/mol. The van der Waals surface area contributed by atoms with Crippen molar-refractivity contribution in [3.8, 4) is 5.75 Å². The fourth-order valence-corrected chi connectivity index (χ4v) is 3.50. The molecule has 0 spiro atoms. The highest BCUT2D eigenvalue weighted by atomic mass is 19.1. The maximum atomic E-state index is 13.0. The lowest BCUT2D eigenvalue weighted by molar-refractivity contribution is 0.300. The van der Waals surface area contributed by atoms with E-state index in [-0.39, 0.29) is 5.82 Å². The summed E-state index contributed by atoms with van der Waals surface area (Å²) in [4.78, 5) is 0. The van der Waals surface area contributed by atoms with Crippen LogP contribution < -0.4 is 15.8 Å². The van der Waals surface area contributed by atoms with Gasteiger partial charge in [-0.05, 0) is 48.4 Å². The summed E-state index contributed by atoms with van der Waals surface area (Å²) in [5.74, 6) is 0.367. The molecule has 0 bridgehead atoms. The van der Waals surface area contributed by atoms with Crippen LogP contribution in [0.4, 0.5) is 4.39 Å². The Hall–Kier alpha value is -3.28. The Morgan fingerprint density at radius 2 is 1.62 bits per heavy atom. The molecule has 29 heavy (non-hydrogen) atoms. The minimum Gasteiger partial charge on any atom is -0.494 e. The molecule has 0 saturated heterocycles. The lowest BCUT2D eigenvalue weighted by Crippen LogP contribution is -2.26. The van der Waals surface area contributed by atoms with Crippen molar-refractivity contribution in [3.63, 3.8) is 0 Å². The van der Waals surface area contributed by atoms with Gasteiger partial charge in [0.1, 0.15) is 19.4 Å². The average molecular weight is 385 g/mol. The summed E-state index contributed by atoms with van der Waals surface area (Å²) in [5.41, 5.74) is 4.25. The molecule has 144 valence electrons. The molecule has 4 aromatic rings. The maximum Gasteiger partial charge on any atom is 0.203 e. The lowest BCUT2D eigenvalue weighted by atomic mass is 9.94. The topological polar surface area (TPSA) is 42.9 Å². The summed E-state index contributed by atoms with van der Waals surface area (Å²) in [5, 5.41) is 8.71. The van der Waals surface area contributed by atoms with Crippen LogP contribution in [-0.4, -0.2) is 23.6 Å². The number of hydrogen-bond acceptors (Lipinski definition) is 2. The average Bonchev–Trinajstić information content (AvgIpc) is 2.98. The number of hydrogen-bond donors (Lipinski definition) is 1. The minimum atomic E-state index is -0.278. The molecule has 0 atom stereocenters. The van der Waals surface area contributed by atoms with E-state index in [4.69, 9.17) is 18.0 Å². The second-order valence-electron chi connectivity index (χ2n) is 6.95. The van der Waals surface area contributed by atoms with E-state index < -0.39 is 0 Å². The number of halogens is 1. The van der Waals surface area contributed by atoms with Gasteiger partial charge in [0.15, 0.2) is 0 Å². The first kappa shape index (κ1) is 19.1. The van der Waals surface area contributed by atoms with Crippen LogP contribution in [0.25, 0.3) is 11.0 Å². The van der Waals surface area contributed by atoms with E-state index >= 15 is 0 Å². The van der Waals surface area contributed by atoms with Crippen LogP contribution in [-0.2, 0) is 13.1 Å². The van der Waals surface area contributed by atoms with Gasteiger partial charge in [-0.15, -0.1) is 0 Å². The van der Waals surface area contributed by atoms with E-state index in [1.165, 1.54) is 12.1 Å². The predicted molar refractivity (Wildman–Crippen MR) is 113 cm³/mol. The van der Waals surface area contributed by atoms with Crippen LogP contribution in [0.5, 0.6) is 5.75 Å². The number of imidazole rings is 1. The van der Waals surface area contributed by atoms with Gasteiger partial charge in [-0.2, -0.15) is 0 Å². The number of aromatic nitrogens is 2. The van der Waals surface area contributed by atoms with Crippen molar-refractivity contribution >= 4 is 24.3 Å². The minimum absolute atomic E-state index is 0.278. The van der Waals surface area contributed by atoms with Gasteiger partial charge in [-0.25, -0.2) is 4.39 Å². The molecule has 4 nitrogen and oxygen atoms in total. The molecule has 0 amide bonds. The molecule has 0 aliphatic heterocycles. The fraction of sp³-hybridized carbons (Fsp3) is 0.174. The van der Waals surface area contributed by atoms with Crippen LogP contribution in [0.3, 0.4) is 0 Å². The highest BCUT2D eigenvalue weighted by molar-refractivity contribution is 6.32. The second kappa shape index (κ2) is 8.39. The molecule has 3 aromatic carbocycles. The summed E-state index contributed by atoms with van der Waals surface area (Å²) in [6.07, 6.45) is 0.736. The molecule has 1 N–H and O–H groups in total. The van der Waals surface area contributed by atoms with Gasteiger partial charge in [0, 0.05) is 6.54 Å². The summed E-state index contributed by atoms with van der Waals surface area (Å²) in [6.45, 7) is 1.74. The molecular weight excluding hydrogens is 364 g/mol. The number of aryl methyl sites for hydroxylation is 1. The third-order valence-electron chi connectivity index (χ3n) is 4.87. The first-order valence-electron chi connectivity index (χ1n) is 9.57. The summed E-state index contributed by atoms with van der Waals surface area (Å²) < 4.78 is 22.7. The van der Waals surface area contributed by atoms with Crippen molar-refractivity contribution in [1.82, 2.24) is 9.13 Å². The fourth-order valence-electron chi connectivity index (χ4n) is 3.50. The Balaban J connectivity index is 1.52. The Morgan fingerprint density at radius 1 is 0.897 bits per heavy atom. The summed E-state index contributed by atoms with van der Waals surface area (Å²) in [6, 6.07) is 21.8. The summed E-state index contributed by atoms with van der Waals surface area (Å²) >= 11 is 0. The van der Waals surface area contributed by atoms with Gasteiger partial charge in [-0.1, -0.05) is 41.9 Å². The van der Waals surface area contributed by atoms with E-state index in [0.29, 0.717) is 31.1 Å². The lowest BCUT2D eigenvalue weighted by Gasteiger charge is -2.08. The van der Waals surface area contributed by atoms with Gasteiger partial charge >= 0.3 is 0 Å². The van der Waals surface area contributed by atoms with E-state index in [9.17, 15) is 4.39 Å². The van der Waals surface area contributed by atoms with Crippen LogP contribution >= 0.6 is 0 Å². The zero-order valence-electron chi connectivity index (χ0n) is 16.0. The molecular formula is C23H21BFN3O. The largest absolute Gasteiger partial charge is 0.494 e. The number of ether oxygens (including phenoxy) is 1. The molecule has 2 radical (unpaired) electrons. The van der Waals surface area contributed by atoms with E-state index in [0.717, 1.165) is 28.5 Å². The molecule has 0 saturated carbocycles. The SMILES string of the molecule is [B]c1cccc(Cn2c(=N)n(CCCOc3ccc(F)cc3)c3ccccc32)c1. The Kier molecular flexibility index (Phi) is 5.51. The molecule has 4 rings (SSSR count). The number of benzene rings is 3. The third-order valence-corrected chi connectivity index (χ3v) is 4.87. The highest BCUT2D eigenvalue weighted by Gasteiger charge is 2.11. The van der Waals surface area contributed by atoms with Gasteiger partial charge in [-0.3, -0.25) is 5.41 Å².